The monoisotopic (exact) mass is 425 g/mol. The van der Waals surface area contributed by atoms with Gasteiger partial charge in [-0.25, -0.2) is 4.98 Å². The van der Waals surface area contributed by atoms with Crippen molar-refractivity contribution < 1.29 is 9.53 Å². The van der Waals surface area contributed by atoms with Crippen molar-refractivity contribution in [2.24, 2.45) is 0 Å². The van der Waals surface area contributed by atoms with Crippen molar-refractivity contribution in [3.63, 3.8) is 0 Å². The zero-order valence-electron chi connectivity index (χ0n) is 18.2. The second-order valence-corrected chi connectivity index (χ2v) is 7.48. The minimum atomic E-state index is -0.153. The summed E-state index contributed by atoms with van der Waals surface area (Å²) in [5.74, 6) is 1.50. The van der Waals surface area contributed by atoms with Gasteiger partial charge in [-0.1, -0.05) is 61.5 Å². The highest BCUT2D eigenvalue weighted by Gasteiger charge is 2.11. The number of imidazole rings is 1. The fourth-order valence-electron chi connectivity index (χ4n) is 3.55. The van der Waals surface area contributed by atoms with Crippen LogP contribution in [0.15, 0.2) is 84.9 Å². The van der Waals surface area contributed by atoms with E-state index in [9.17, 15) is 4.79 Å². The van der Waals surface area contributed by atoms with Crippen LogP contribution in [0.2, 0.25) is 0 Å². The maximum absolute atomic E-state index is 12.3. The summed E-state index contributed by atoms with van der Waals surface area (Å²) in [5.41, 5.74) is 4.21. The van der Waals surface area contributed by atoms with Crippen LogP contribution >= 0.6 is 0 Å². The van der Waals surface area contributed by atoms with E-state index in [1.165, 1.54) is 5.56 Å². The number of para-hydroxylation sites is 2. The van der Waals surface area contributed by atoms with Gasteiger partial charge in [-0.3, -0.25) is 4.79 Å². The van der Waals surface area contributed by atoms with Crippen molar-refractivity contribution in [2.75, 3.05) is 6.61 Å². The van der Waals surface area contributed by atoms with Gasteiger partial charge in [0.2, 0.25) is 5.91 Å². The van der Waals surface area contributed by atoms with Crippen molar-refractivity contribution in [1.29, 1.82) is 0 Å². The summed E-state index contributed by atoms with van der Waals surface area (Å²) in [4.78, 5) is 17.0. The zero-order valence-corrected chi connectivity index (χ0v) is 18.2. The topological polar surface area (TPSA) is 56.1 Å². The van der Waals surface area contributed by atoms with E-state index in [4.69, 9.17) is 9.72 Å². The van der Waals surface area contributed by atoms with Crippen LogP contribution in [0.4, 0.5) is 0 Å². The molecular formula is C27H27N3O2. The van der Waals surface area contributed by atoms with E-state index in [1.807, 2.05) is 66.7 Å². The molecule has 1 heterocycles. The molecule has 0 bridgehead atoms. The lowest BCUT2D eigenvalue weighted by atomic mass is 10.2. The molecule has 0 aliphatic heterocycles. The molecule has 1 aromatic heterocycles. The molecule has 4 rings (SSSR count). The van der Waals surface area contributed by atoms with E-state index in [-0.39, 0.29) is 5.91 Å². The molecule has 0 fully saturated rings. The number of ether oxygens (including phenoxy) is 1. The molecule has 32 heavy (non-hydrogen) atoms. The van der Waals surface area contributed by atoms with E-state index < -0.39 is 0 Å². The highest BCUT2D eigenvalue weighted by Crippen LogP contribution is 2.17. The fourth-order valence-corrected chi connectivity index (χ4v) is 3.55. The molecule has 1 N–H and O–H groups in total. The molecule has 3 aromatic carbocycles. The van der Waals surface area contributed by atoms with Gasteiger partial charge in [-0.15, -0.1) is 0 Å². The Bertz CT molecular complexity index is 1190. The molecule has 0 atom stereocenters. The first-order chi connectivity index (χ1) is 15.7. The van der Waals surface area contributed by atoms with Gasteiger partial charge in [-0.2, -0.15) is 0 Å². The smallest absolute Gasteiger partial charge is 0.244 e. The number of aryl methyl sites for hydroxylation is 1. The van der Waals surface area contributed by atoms with Crippen LogP contribution in [0.5, 0.6) is 5.75 Å². The van der Waals surface area contributed by atoms with Gasteiger partial charge in [-0.05, 0) is 47.9 Å². The summed E-state index contributed by atoms with van der Waals surface area (Å²) in [5, 5.41) is 2.94. The number of fused-ring (bicyclic) bond motifs is 1. The van der Waals surface area contributed by atoms with Gasteiger partial charge >= 0.3 is 0 Å². The third kappa shape index (κ3) is 5.43. The summed E-state index contributed by atoms with van der Waals surface area (Å²) < 4.78 is 8.06. The first-order valence-electron chi connectivity index (χ1n) is 10.9. The summed E-state index contributed by atoms with van der Waals surface area (Å²) >= 11 is 0. The van der Waals surface area contributed by atoms with Crippen molar-refractivity contribution in [2.45, 2.75) is 26.4 Å². The number of hydrogen-bond acceptors (Lipinski definition) is 3. The van der Waals surface area contributed by atoms with Crippen LogP contribution in [0.3, 0.4) is 0 Å². The van der Waals surface area contributed by atoms with E-state index in [2.05, 4.69) is 28.9 Å². The van der Waals surface area contributed by atoms with Gasteiger partial charge in [0.1, 0.15) is 18.2 Å². The Balaban J connectivity index is 1.41. The van der Waals surface area contributed by atoms with Gasteiger partial charge in [0.05, 0.1) is 24.1 Å². The second-order valence-electron chi connectivity index (χ2n) is 7.48. The summed E-state index contributed by atoms with van der Waals surface area (Å²) in [7, 11) is 0. The van der Waals surface area contributed by atoms with Crippen LogP contribution in [0.1, 0.15) is 23.9 Å². The average Bonchev–Trinajstić information content (AvgIpc) is 3.20. The molecule has 1 amide bonds. The number of carbonyl (C=O) groups excluding carboxylic acids is 1. The summed E-state index contributed by atoms with van der Waals surface area (Å²) in [6.07, 6.45) is 4.36. The number of hydrogen-bond donors (Lipinski definition) is 1. The Hall–Kier alpha value is -3.86. The highest BCUT2D eigenvalue weighted by molar-refractivity contribution is 5.91. The molecule has 0 saturated carbocycles. The maximum atomic E-state index is 12.3. The van der Waals surface area contributed by atoms with Gasteiger partial charge in [0.15, 0.2) is 0 Å². The highest BCUT2D eigenvalue weighted by atomic mass is 16.5. The number of nitrogens with one attached hydrogen (secondary N) is 1. The number of rotatable bonds is 9. The van der Waals surface area contributed by atoms with Crippen LogP contribution in [0.25, 0.3) is 17.1 Å². The SMILES string of the molecule is CCc1ccc(OCCn2c(CNC(=O)/C=C\c3ccccc3)nc3ccccc32)cc1. The zero-order chi connectivity index (χ0) is 22.2. The standard InChI is InChI=1S/C27H27N3O2/c1-2-21-12-15-23(16-13-21)32-19-18-30-25-11-7-6-10-24(25)29-26(30)20-28-27(31)17-14-22-8-4-3-5-9-22/h3-17H,2,18-20H2,1H3,(H,28,31)/b17-14-. The predicted octanol–water partition coefficient (Wildman–Crippen LogP) is 5.01. The van der Waals surface area contributed by atoms with Crippen molar-refractivity contribution in [1.82, 2.24) is 14.9 Å². The Labute approximate surface area is 188 Å². The lowest BCUT2D eigenvalue weighted by Gasteiger charge is -2.11. The van der Waals surface area contributed by atoms with E-state index in [0.717, 1.165) is 34.6 Å². The lowest BCUT2D eigenvalue weighted by Crippen LogP contribution is -2.23. The Morgan fingerprint density at radius 3 is 2.53 bits per heavy atom. The van der Waals surface area contributed by atoms with Gasteiger partial charge < -0.3 is 14.6 Å². The molecule has 5 nitrogen and oxygen atoms in total. The Kier molecular flexibility index (Phi) is 6.98. The molecule has 4 aromatic rings. The molecule has 0 aliphatic rings. The normalized spacial score (nSPS) is 11.2. The van der Waals surface area contributed by atoms with Crippen LogP contribution in [-0.4, -0.2) is 22.1 Å². The number of aromatic nitrogens is 2. The average molecular weight is 426 g/mol. The number of nitrogens with zero attached hydrogens (tertiary/aromatic N) is 2. The largest absolute Gasteiger partial charge is 0.492 e. The Morgan fingerprint density at radius 2 is 1.75 bits per heavy atom. The molecule has 0 spiro atoms. The van der Waals surface area contributed by atoms with Crippen LogP contribution in [-0.2, 0) is 24.3 Å². The fraction of sp³-hybridized carbons (Fsp3) is 0.185. The van der Waals surface area contributed by atoms with Crippen molar-refractivity contribution >= 4 is 23.0 Å². The number of benzene rings is 3. The number of carbonyl (C=O) groups is 1. The van der Waals surface area contributed by atoms with Gasteiger partial charge in [0, 0.05) is 6.08 Å². The predicted molar refractivity (Wildman–Crippen MR) is 128 cm³/mol. The lowest BCUT2D eigenvalue weighted by molar-refractivity contribution is -0.116. The first-order valence-corrected chi connectivity index (χ1v) is 10.9. The molecule has 0 radical (unpaired) electrons. The molecule has 0 aliphatic carbocycles. The molecule has 162 valence electrons. The third-order valence-electron chi connectivity index (χ3n) is 5.30. The molecular weight excluding hydrogens is 398 g/mol. The second kappa shape index (κ2) is 10.4. The minimum Gasteiger partial charge on any atom is -0.492 e. The van der Waals surface area contributed by atoms with Crippen LogP contribution in [0, 0.1) is 0 Å². The summed E-state index contributed by atoms with van der Waals surface area (Å²) in [6, 6.07) is 25.9. The maximum Gasteiger partial charge on any atom is 0.244 e. The van der Waals surface area contributed by atoms with Gasteiger partial charge in [0.25, 0.3) is 0 Å². The first kappa shape index (κ1) is 21.4. The van der Waals surface area contributed by atoms with Crippen molar-refractivity contribution in [3.05, 3.63) is 102 Å². The molecule has 0 unspecified atom stereocenters. The Morgan fingerprint density at radius 1 is 1.00 bits per heavy atom. The number of amides is 1. The summed E-state index contributed by atoms with van der Waals surface area (Å²) in [6.45, 7) is 3.64. The molecule has 5 heteroatoms. The molecule has 0 saturated heterocycles. The van der Waals surface area contributed by atoms with Crippen LogP contribution < -0.4 is 10.1 Å². The van der Waals surface area contributed by atoms with E-state index >= 15 is 0 Å². The quantitative estimate of drug-likeness (QED) is 0.384. The van der Waals surface area contributed by atoms with E-state index in [1.54, 1.807) is 12.2 Å². The minimum absolute atomic E-state index is 0.153. The van der Waals surface area contributed by atoms with E-state index in [0.29, 0.717) is 19.7 Å². The third-order valence-corrected chi connectivity index (χ3v) is 5.30. The van der Waals surface area contributed by atoms with Crippen molar-refractivity contribution in [3.8, 4) is 5.75 Å².